The lowest BCUT2D eigenvalue weighted by molar-refractivity contribution is -0.126. The highest BCUT2D eigenvalue weighted by molar-refractivity contribution is 5.91. The van der Waals surface area contributed by atoms with Crippen LogP contribution in [0.25, 0.3) is 6.08 Å². The van der Waals surface area contributed by atoms with Gasteiger partial charge in [-0.25, -0.2) is 0 Å². The van der Waals surface area contributed by atoms with Gasteiger partial charge in [-0.3, -0.25) is 4.79 Å². The molecule has 0 aromatic heterocycles. The average molecular weight is 381 g/mol. The van der Waals surface area contributed by atoms with Gasteiger partial charge in [-0.2, -0.15) is 0 Å². The first kappa shape index (κ1) is 19.8. The molecule has 0 N–H and O–H groups in total. The Hall–Kier alpha value is -2.95. The lowest BCUT2D eigenvalue weighted by Crippen LogP contribution is -2.29. The van der Waals surface area contributed by atoms with Gasteiger partial charge in [0.25, 0.3) is 0 Å². The van der Waals surface area contributed by atoms with Crippen molar-refractivity contribution in [1.29, 1.82) is 0 Å². The first-order valence-corrected chi connectivity index (χ1v) is 9.78. The monoisotopic (exact) mass is 381 g/mol. The summed E-state index contributed by atoms with van der Waals surface area (Å²) in [6.45, 7) is 6.93. The number of hydrogen-bond acceptors (Lipinski definition) is 4. The van der Waals surface area contributed by atoms with E-state index in [1.807, 2.05) is 55.5 Å². The number of amides is 1. The molecule has 5 heteroatoms. The van der Waals surface area contributed by atoms with Crippen molar-refractivity contribution in [1.82, 2.24) is 4.90 Å². The van der Waals surface area contributed by atoms with Gasteiger partial charge in [0, 0.05) is 24.7 Å². The second-order valence-corrected chi connectivity index (χ2v) is 6.54. The maximum Gasteiger partial charge on any atom is 0.246 e. The Labute approximate surface area is 166 Å². The topological polar surface area (TPSA) is 48.0 Å². The van der Waals surface area contributed by atoms with Crippen molar-refractivity contribution in [2.24, 2.45) is 0 Å². The Balaban J connectivity index is 1.64. The van der Waals surface area contributed by atoms with Gasteiger partial charge in [0.05, 0.1) is 6.61 Å². The molecule has 0 saturated carbocycles. The van der Waals surface area contributed by atoms with Crippen LogP contribution in [0.15, 0.2) is 48.5 Å². The van der Waals surface area contributed by atoms with E-state index in [-0.39, 0.29) is 5.91 Å². The fourth-order valence-corrected chi connectivity index (χ4v) is 2.98. The average Bonchev–Trinajstić information content (AvgIpc) is 2.75. The Kier molecular flexibility index (Phi) is 6.95. The summed E-state index contributed by atoms with van der Waals surface area (Å²) in [5.41, 5.74) is 1.92. The molecule has 0 unspecified atom stereocenters. The number of nitrogens with zero attached hydrogens (tertiary/aromatic N) is 1. The predicted molar refractivity (Wildman–Crippen MR) is 110 cm³/mol. The van der Waals surface area contributed by atoms with Crippen LogP contribution in [0.3, 0.4) is 0 Å². The molecule has 0 aliphatic carbocycles. The van der Waals surface area contributed by atoms with Crippen molar-refractivity contribution in [2.75, 3.05) is 26.4 Å². The normalized spacial score (nSPS) is 12.8. The quantitative estimate of drug-likeness (QED) is 0.640. The third-order valence-corrected chi connectivity index (χ3v) is 4.47. The van der Waals surface area contributed by atoms with E-state index < -0.39 is 0 Å². The summed E-state index contributed by atoms with van der Waals surface area (Å²) < 4.78 is 17.0. The van der Waals surface area contributed by atoms with Crippen LogP contribution in [0.1, 0.15) is 31.4 Å². The smallest absolute Gasteiger partial charge is 0.246 e. The van der Waals surface area contributed by atoms with E-state index in [1.54, 1.807) is 11.0 Å². The minimum atomic E-state index is -0.0388. The number of carbonyl (C=O) groups is 1. The first-order valence-electron chi connectivity index (χ1n) is 9.78. The van der Waals surface area contributed by atoms with Crippen LogP contribution in [0, 0.1) is 0 Å². The van der Waals surface area contributed by atoms with Gasteiger partial charge in [-0.05, 0) is 43.2 Å². The van der Waals surface area contributed by atoms with Crippen molar-refractivity contribution >= 4 is 12.0 Å². The molecule has 28 heavy (non-hydrogen) atoms. The highest BCUT2D eigenvalue weighted by atomic mass is 16.6. The maximum absolute atomic E-state index is 12.7. The third-order valence-electron chi connectivity index (χ3n) is 4.47. The number of hydrogen-bond donors (Lipinski definition) is 0. The van der Waals surface area contributed by atoms with E-state index in [0.29, 0.717) is 32.9 Å². The number of carbonyl (C=O) groups excluding carboxylic acids is 1. The van der Waals surface area contributed by atoms with Crippen LogP contribution in [0.2, 0.25) is 0 Å². The molecule has 0 fully saturated rings. The number of benzene rings is 2. The Bertz CT molecular complexity index is 814. The number of ether oxygens (including phenoxy) is 3. The lowest BCUT2D eigenvalue weighted by Gasteiger charge is -2.24. The van der Waals surface area contributed by atoms with Crippen LogP contribution >= 0.6 is 0 Å². The molecule has 0 radical (unpaired) electrons. The van der Waals surface area contributed by atoms with E-state index in [0.717, 1.165) is 34.8 Å². The number of rotatable bonds is 8. The zero-order chi connectivity index (χ0) is 19.8. The second-order valence-electron chi connectivity index (χ2n) is 6.54. The highest BCUT2D eigenvalue weighted by Crippen LogP contribution is 2.34. The van der Waals surface area contributed by atoms with E-state index in [4.69, 9.17) is 14.2 Å². The molecule has 1 aliphatic rings. The molecule has 0 atom stereocenters. The van der Waals surface area contributed by atoms with Gasteiger partial charge in [0.15, 0.2) is 11.5 Å². The first-order chi connectivity index (χ1) is 13.7. The predicted octanol–water partition coefficient (Wildman–Crippen LogP) is 4.31. The molecule has 0 bridgehead atoms. The number of likely N-dealkylation sites (N-methyl/N-ethyl adjacent to an activating group) is 1. The molecular formula is C23H27NO4. The standard InChI is InChI=1S/C23H27NO4/c1-3-14-26-20-11-8-18(9-12-20)10-13-22(25)24(4-2)17-19-6-5-7-21-23(19)28-16-15-27-21/h5-13H,3-4,14-17H2,1-2H3/b13-10+. The van der Waals surface area contributed by atoms with Crippen LogP contribution in [0.5, 0.6) is 17.2 Å². The highest BCUT2D eigenvalue weighted by Gasteiger charge is 2.18. The Morgan fingerprint density at radius 1 is 1.11 bits per heavy atom. The summed E-state index contributed by atoms with van der Waals surface area (Å²) in [7, 11) is 0. The van der Waals surface area contributed by atoms with Gasteiger partial charge < -0.3 is 19.1 Å². The van der Waals surface area contributed by atoms with E-state index in [1.165, 1.54) is 0 Å². The lowest BCUT2D eigenvalue weighted by atomic mass is 10.1. The van der Waals surface area contributed by atoms with E-state index in [2.05, 4.69) is 6.92 Å². The van der Waals surface area contributed by atoms with Gasteiger partial charge in [-0.1, -0.05) is 31.2 Å². The summed E-state index contributed by atoms with van der Waals surface area (Å²) in [5, 5.41) is 0. The zero-order valence-electron chi connectivity index (χ0n) is 16.5. The summed E-state index contributed by atoms with van der Waals surface area (Å²) in [6.07, 6.45) is 4.41. The molecule has 2 aromatic carbocycles. The minimum absolute atomic E-state index is 0.0388. The largest absolute Gasteiger partial charge is 0.494 e. The molecule has 148 valence electrons. The van der Waals surface area contributed by atoms with Crippen molar-refractivity contribution in [2.45, 2.75) is 26.8 Å². The summed E-state index contributed by atoms with van der Waals surface area (Å²) in [4.78, 5) is 14.5. The fourth-order valence-electron chi connectivity index (χ4n) is 2.98. The van der Waals surface area contributed by atoms with Crippen LogP contribution in [-0.2, 0) is 11.3 Å². The molecule has 3 rings (SSSR count). The Morgan fingerprint density at radius 2 is 1.89 bits per heavy atom. The molecule has 0 saturated heterocycles. The third kappa shape index (κ3) is 5.06. The van der Waals surface area contributed by atoms with Gasteiger partial charge in [0.2, 0.25) is 5.91 Å². The van der Waals surface area contributed by atoms with Crippen LogP contribution in [-0.4, -0.2) is 37.2 Å². The molecule has 2 aromatic rings. The second kappa shape index (κ2) is 9.83. The Morgan fingerprint density at radius 3 is 2.64 bits per heavy atom. The fraction of sp³-hybridized carbons (Fsp3) is 0.348. The van der Waals surface area contributed by atoms with E-state index >= 15 is 0 Å². The van der Waals surface area contributed by atoms with E-state index in [9.17, 15) is 4.79 Å². The van der Waals surface area contributed by atoms with Gasteiger partial charge in [-0.15, -0.1) is 0 Å². The van der Waals surface area contributed by atoms with Crippen LogP contribution in [0.4, 0.5) is 0 Å². The summed E-state index contributed by atoms with van der Waals surface area (Å²) >= 11 is 0. The zero-order valence-corrected chi connectivity index (χ0v) is 16.5. The minimum Gasteiger partial charge on any atom is -0.494 e. The summed E-state index contributed by atoms with van der Waals surface area (Å²) in [5.74, 6) is 2.29. The van der Waals surface area contributed by atoms with Crippen molar-refractivity contribution in [3.8, 4) is 17.2 Å². The summed E-state index contributed by atoms with van der Waals surface area (Å²) in [6, 6.07) is 13.5. The molecule has 5 nitrogen and oxygen atoms in total. The number of para-hydroxylation sites is 1. The molecule has 1 heterocycles. The molecule has 1 amide bonds. The van der Waals surface area contributed by atoms with Crippen molar-refractivity contribution in [3.63, 3.8) is 0 Å². The number of fused-ring (bicyclic) bond motifs is 1. The van der Waals surface area contributed by atoms with Gasteiger partial charge in [0.1, 0.15) is 19.0 Å². The van der Waals surface area contributed by atoms with Crippen molar-refractivity contribution < 1.29 is 19.0 Å². The SMILES string of the molecule is CCCOc1ccc(/C=C/C(=O)N(CC)Cc2cccc3c2OCCO3)cc1. The molecular weight excluding hydrogens is 354 g/mol. The molecule has 1 aliphatic heterocycles. The van der Waals surface area contributed by atoms with Crippen molar-refractivity contribution in [3.05, 3.63) is 59.7 Å². The van der Waals surface area contributed by atoms with Crippen LogP contribution < -0.4 is 14.2 Å². The molecule has 0 spiro atoms. The maximum atomic E-state index is 12.7. The van der Waals surface area contributed by atoms with Gasteiger partial charge >= 0.3 is 0 Å².